The summed E-state index contributed by atoms with van der Waals surface area (Å²) in [5, 5.41) is 14.1. The number of anilines is 2. The standard InChI is InChI=1S/C22H28N4O6/c1-30-19-14-16(15-20(31-2)22(19)32-3)23-21(27)8-9-24-10-12-25(13-11-24)17-6-4-5-7-18(17)26(28)29/h4-7,14-15H,8-13H2,1-3H3,(H,23,27). The van der Waals surface area contributed by atoms with Crippen LogP contribution in [0.5, 0.6) is 17.2 Å². The zero-order chi connectivity index (χ0) is 23.1. The van der Waals surface area contributed by atoms with Crippen LogP contribution in [0.25, 0.3) is 0 Å². The molecule has 0 bridgehead atoms. The molecule has 32 heavy (non-hydrogen) atoms. The van der Waals surface area contributed by atoms with E-state index in [0.717, 1.165) is 13.1 Å². The molecule has 10 heteroatoms. The van der Waals surface area contributed by atoms with Gasteiger partial charge in [0.15, 0.2) is 11.5 Å². The SMILES string of the molecule is COc1cc(NC(=O)CCN2CCN(c3ccccc3[N+](=O)[O-])CC2)cc(OC)c1OC. The molecule has 1 aliphatic heterocycles. The Labute approximate surface area is 186 Å². The Hall–Kier alpha value is -3.53. The molecular formula is C22H28N4O6. The molecule has 0 saturated carbocycles. The molecule has 2 aromatic rings. The van der Waals surface area contributed by atoms with Gasteiger partial charge in [-0.2, -0.15) is 0 Å². The van der Waals surface area contributed by atoms with Gasteiger partial charge in [0.2, 0.25) is 11.7 Å². The number of nitrogens with zero attached hydrogens (tertiary/aromatic N) is 3. The number of nitrogens with one attached hydrogen (secondary N) is 1. The molecule has 0 unspecified atom stereocenters. The Morgan fingerprint density at radius 1 is 1.03 bits per heavy atom. The number of carbonyl (C=O) groups excluding carboxylic acids is 1. The third-order valence-corrected chi connectivity index (χ3v) is 5.39. The number of piperazine rings is 1. The monoisotopic (exact) mass is 444 g/mol. The van der Waals surface area contributed by atoms with Gasteiger partial charge in [-0.25, -0.2) is 0 Å². The number of hydrogen-bond acceptors (Lipinski definition) is 8. The third kappa shape index (κ3) is 5.38. The molecule has 0 radical (unpaired) electrons. The topological polar surface area (TPSA) is 106 Å². The number of hydrogen-bond donors (Lipinski definition) is 1. The molecule has 0 aromatic heterocycles. The van der Waals surface area contributed by atoms with E-state index in [-0.39, 0.29) is 16.5 Å². The molecular weight excluding hydrogens is 416 g/mol. The predicted molar refractivity (Wildman–Crippen MR) is 121 cm³/mol. The number of nitro benzene ring substituents is 1. The van der Waals surface area contributed by atoms with Crippen molar-refractivity contribution >= 4 is 23.0 Å². The Balaban J connectivity index is 1.52. The first-order valence-electron chi connectivity index (χ1n) is 10.3. The highest BCUT2D eigenvalue weighted by Gasteiger charge is 2.23. The van der Waals surface area contributed by atoms with Gasteiger partial charge >= 0.3 is 0 Å². The molecule has 0 spiro atoms. The number of carbonyl (C=O) groups is 1. The fourth-order valence-corrected chi connectivity index (χ4v) is 3.73. The minimum Gasteiger partial charge on any atom is -0.493 e. The van der Waals surface area contributed by atoms with E-state index in [1.807, 2.05) is 11.0 Å². The number of rotatable bonds is 9. The van der Waals surface area contributed by atoms with Crippen LogP contribution in [0, 0.1) is 10.1 Å². The lowest BCUT2D eigenvalue weighted by Gasteiger charge is -2.35. The van der Waals surface area contributed by atoms with E-state index in [9.17, 15) is 14.9 Å². The number of methoxy groups -OCH3 is 3. The van der Waals surface area contributed by atoms with Crippen molar-refractivity contribution in [3.63, 3.8) is 0 Å². The fourth-order valence-electron chi connectivity index (χ4n) is 3.73. The first-order valence-corrected chi connectivity index (χ1v) is 10.3. The van der Waals surface area contributed by atoms with Crippen molar-refractivity contribution in [2.75, 3.05) is 64.3 Å². The molecule has 3 rings (SSSR count). The zero-order valence-electron chi connectivity index (χ0n) is 18.5. The summed E-state index contributed by atoms with van der Waals surface area (Å²) in [6, 6.07) is 10.1. The average Bonchev–Trinajstić information content (AvgIpc) is 2.82. The van der Waals surface area contributed by atoms with Crippen molar-refractivity contribution in [2.24, 2.45) is 0 Å². The zero-order valence-corrected chi connectivity index (χ0v) is 18.5. The minimum absolute atomic E-state index is 0.116. The summed E-state index contributed by atoms with van der Waals surface area (Å²) in [6.07, 6.45) is 0.322. The van der Waals surface area contributed by atoms with Crippen LogP contribution in [0.3, 0.4) is 0 Å². The van der Waals surface area contributed by atoms with Crippen LogP contribution in [-0.2, 0) is 4.79 Å². The van der Waals surface area contributed by atoms with E-state index < -0.39 is 0 Å². The van der Waals surface area contributed by atoms with Gasteiger partial charge in [-0.15, -0.1) is 0 Å². The summed E-state index contributed by atoms with van der Waals surface area (Å²) in [6.45, 7) is 3.38. The van der Waals surface area contributed by atoms with Crippen molar-refractivity contribution in [1.82, 2.24) is 4.90 Å². The van der Waals surface area contributed by atoms with Crippen molar-refractivity contribution < 1.29 is 23.9 Å². The molecule has 1 saturated heterocycles. The molecule has 1 fully saturated rings. The van der Waals surface area contributed by atoms with Gasteiger partial charge < -0.3 is 24.4 Å². The first-order chi connectivity index (χ1) is 15.5. The normalized spacial score (nSPS) is 14.0. The average molecular weight is 444 g/mol. The highest BCUT2D eigenvalue weighted by atomic mass is 16.6. The van der Waals surface area contributed by atoms with Crippen molar-refractivity contribution in [3.05, 3.63) is 46.5 Å². The van der Waals surface area contributed by atoms with Crippen LogP contribution in [0.4, 0.5) is 17.1 Å². The lowest BCUT2D eigenvalue weighted by molar-refractivity contribution is -0.384. The molecule has 2 aromatic carbocycles. The Morgan fingerprint density at radius 3 is 2.22 bits per heavy atom. The second-order valence-electron chi connectivity index (χ2n) is 7.29. The lowest BCUT2D eigenvalue weighted by atomic mass is 10.2. The largest absolute Gasteiger partial charge is 0.493 e. The van der Waals surface area contributed by atoms with Crippen LogP contribution < -0.4 is 24.4 Å². The molecule has 1 aliphatic rings. The lowest BCUT2D eigenvalue weighted by Crippen LogP contribution is -2.47. The molecule has 10 nitrogen and oxygen atoms in total. The molecule has 1 heterocycles. The predicted octanol–water partition coefficient (Wildman–Crippen LogP) is 2.77. The molecule has 172 valence electrons. The van der Waals surface area contributed by atoms with Gasteiger partial charge in [0.25, 0.3) is 5.69 Å². The molecule has 0 atom stereocenters. The summed E-state index contributed by atoms with van der Waals surface area (Å²) in [5.74, 6) is 1.27. The second-order valence-corrected chi connectivity index (χ2v) is 7.29. The number of para-hydroxylation sites is 2. The van der Waals surface area contributed by atoms with Gasteiger partial charge in [-0.1, -0.05) is 12.1 Å². The number of amides is 1. The highest BCUT2D eigenvalue weighted by molar-refractivity contribution is 5.91. The molecule has 1 amide bonds. The Morgan fingerprint density at radius 2 is 1.66 bits per heavy atom. The van der Waals surface area contributed by atoms with E-state index in [1.165, 1.54) is 27.4 Å². The summed E-state index contributed by atoms with van der Waals surface area (Å²) in [4.78, 5) is 27.6. The number of ether oxygens (including phenoxy) is 3. The van der Waals surface area contributed by atoms with Crippen LogP contribution >= 0.6 is 0 Å². The summed E-state index contributed by atoms with van der Waals surface area (Å²) in [5.41, 5.74) is 1.31. The quantitative estimate of drug-likeness (QED) is 0.465. The summed E-state index contributed by atoms with van der Waals surface area (Å²) < 4.78 is 15.9. The maximum Gasteiger partial charge on any atom is 0.292 e. The maximum atomic E-state index is 12.5. The van der Waals surface area contributed by atoms with Crippen molar-refractivity contribution in [3.8, 4) is 17.2 Å². The highest BCUT2D eigenvalue weighted by Crippen LogP contribution is 2.40. The van der Waals surface area contributed by atoms with E-state index in [1.54, 1.807) is 24.3 Å². The van der Waals surface area contributed by atoms with Crippen LogP contribution in [0.15, 0.2) is 36.4 Å². The van der Waals surface area contributed by atoms with Crippen LogP contribution in [0.1, 0.15) is 6.42 Å². The third-order valence-electron chi connectivity index (χ3n) is 5.39. The molecule has 0 aliphatic carbocycles. The fraction of sp³-hybridized carbons (Fsp3) is 0.409. The van der Waals surface area contributed by atoms with Gasteiger partial charge in [0.05, 0.1) is 26.3 Å². The van der Waals surface area contributed by atoms with Gasteiger partial charge in [-0.05, 0) is 6.07 Å². The Kier molecular flexibility index (Phi) is 7.72. The summed E-state index contributed by atoms with van der Waals surface area (Å²) >= 11 is 0. The summed E-state index contributed by atoms with van der Waals surface area (Å²) in [7, 11) is 4.56. The Bertz CT molecular complexity index is 934. The smallest absolute Gasteiger partial charge is 0.292 e. The molecule has 1 N–H and O–H groups in total. The van der Waals surface area contributed by atoms with Crippen molar-refractivity contribution in [1.29, 1.82) is 0 Å². The number of benzene rings is 2. The first kappa shape index (κ1) is 23.1. The van der Waals surface area contributed by atoms with Gasteiger partial charge in [0, 0.05) is 63.0 Å². The van der Waals surface area contributed by atoms with E-state index in [4.69, 9.17) is 14.2 Å². The van der Waals surface area contributed by atoms with Gasteiger partial charge in [0.1, 0.15) is 5.69 Å². The van der Waals surface area contributed by atoms with Crippen molar-refractivity contribution in [2.45, 2.75) is 6.42 Å². The van der Waals surface area contributed by atoms with E-state index in [0.29, 0.717) is 54.7 Å². The van der Waals surface area contributed by atoms with E-state index in [2.05, 4.69) is 10.2 Å². The minimum atomic E-state index is -0.352. The van der Waals surface area contributed by atoms with Crippen LogP contribution in [-0.4, -0.2) is 69.8 Å². The van der Waals surface area contributed by atoms with Crippen LogP contribution in [0.2, 0.25) is 0 Å². The number of nitro groups is 1. The van der Waals surface area contributed by atoms with E-state index >= 15 is 0 Å². The van der Waals surface area contributed by atoms with Gasteiger partial charge in [-0.3, -0.25) is 19.8 Å². The second kappa shape index (κ2) is 10.7. The maximum absolute atomic E-state index is 12.5.